The van der Waals surface area contributed by atoms with E-state index in [1.807, 2.05) is 0 Å². The smallest absolute Gasteiger partial charge is 0.372 e. The van der Waals surface area contributed by atoms with Crippen molar-refractivity contribution in [1.29, 1.82) is 0 Å². The van der Waals surface area contributed by atoms with E-state index in [1.165, 1.54) is 11.1 Å². The molecule has 2 rings (SSSR count). The van der Waals surface area contributed by atoms with E-state index in [4.69, 9.17) is 9.52 Å². The van der Waals surface area contributed by atoms with Crippen LogP contribution in [0.3, 0.4) is 0 Å². The molecule has 0 aliphatic carbocycles. The van der Waals surface area contributed by atoms with Crippen LogP contribution in [-0.2, 0) is 19.5 Å². The zero-order valence-corrected chi connectivity index (χ0v) is 11.8. The summed E-state index contributed by atoms with van der Waals surface area (Å²) in [4.78, 5) is 10.9. The predicted molar refractivity (Wildman–Crippen MR) is 76.8 cm³/mol. The van der Waals surface area contributed by atoms with Gasteiger partial charge in [0.25, 0.3) is 0 Å². The molecule has 0 aliphatic rings. The second-order valence-electron chi connectivity index (χ2n) is 4.80. The van der Waals surface area contributed by atoms with Crippen LogP contribution in [0.2, 0.25) is 0 Å². The fourth-order valence-corrected chi connectivity index (χ4v) is 2.07. The molecular formula is C16H19NO3. The first-order chi connectivity index (χ1) is 9.60. The van der Waals surface area contributed by atoms with E-state index >= 15 is 0 Å². The number of aromatic carboxylic acids is 1. The number of benzene rings is 1. The Morgan fingerprint density at radius 3 is 2.40 bits per heavy atom. The highest BCUT2D eigenvalue weighted by Gasteiger charge is 2.13. The summed E-state index contributed by atoms with van der Waals surface area (Å²) in [6, 6.07) is 10.2. The monoisotopic (exact) mass is 273 g/mol. The van der Waals surface area contributed by atoms with Crippen molar-refractivity contribution in [3.8, 4) is 0 Å². The molecule has 1 aromatic carbocycles. The molecule has 1 aromatic heterocycles. The van der Waals surface area contributed by atoms with E-state index in [-0.39, 0.29) is 5.76 Å². The molecule has 2 N–H and O–H groups in total. The van der Waals surface area contributed by atoms with Crippen LogP contribution in [-0.4, -0.2) is 11.1 Å². The van der Waals surface area contributed by atoms with Crippen LogP contribution in [0, 0.1) is 6.92 Å². The fourth-order valence-electron chi connectivity index (χ4n) is 2.07. The first kappa shape index (κ1) is 14.3. The van der Waals surface area contributed by atoms with Gasteiger partial charge >= 0.3 is 5.97 Å². The molecule has 0 spiro atoms. The Kier molecular flexibility index (Phi) is 4.58. The van der Waals surface area contributed by atoms with Crippen LogP contribution in [0.5, 0.6) is 0 Å². The summed E-state index contributed by atoms with van der Waals surface area (Å²) in [6.07, 6.45) is 1.04. The molecule has 20 heavy (non-hydrogen) atoms. The quantitative estimate of drug-likeness (QED) is 0.848. The summed E-state index contributed by atoms with van der Waals surface area (Å²) in [5, 5.41) is 12.2. The summed E-state index contributed by atoms with van der Waals surface area (Å²) < 4.78 is 5.29. The molecule has 4 nitrogen and oxygen atoms in total. The number of nitrogens with one attached hydrogen (secondary N) is 1. The summed E-state index contributed by atoms with van der Waals surface area (Å²) in [6.45, 7) is 5.11. The molecule has 0 amide bonds. The molecule has 0 radical (unpaired) electrons. The van der Waals surface area contributed by atoms with Gasteiger partial charge in [-0.05, 0) is 30.5 Å². The lowest BCUT2D eigenvalue weighted by atomic mass is 10.1. The Hall–Kier alpha value is -2.07. The first-order valence-electron chi connectivity index (χ1n) is 6.71. The SMILES string of the molecule is CCc1ccc(CNCc2cc(C)c(C(=O)O)o2)cc1. The normalized spacial score (nSPS) is 10.7. The molecule has 0 atom stereocenters. The van der Waals surface area contributed by atoms with E-state index in [0.717, 1.165) is 13.0 Å². The van der Waals surface area contributed by atoms with Crippen molar-refractivity contribution in [2.45, 2.75) is 33.4 Å². The zero-order chi connectivity index (χ0) is 14.5. The second kappa shape index (κ2) is 6.39. The Balaban J connectivity index is 1.89. The summed E-state index contributed by atoms with van der Waals surface area (Å²) >= 11 is 0. The van der Waals surface area contributed by atoms with E-state index in [0.29, 0.717) is 17.9 Å². The minimum atomic E-state index is -1.02. The van der Waals surface area contributed by atoms with Crippen molar-refractivity contribution in [2.24, 2.45) is 0 Å². The highest BCUT2D eigenvalue weighted by Crippen LogP contribution is 2.14. The molecule has 4 heteroatoms. The third kappa shape index (κ3) is 3.48. The molecule has 0 aliphatic heterocycles. The number of furan rings is 1. The van der Waals surface area contributed by atoms with Crippen LogP contribution in [0.15, 0.2) is 34.7 Å². The molecular weight excluding hydrogens is 254 g/mol. The van der Waals surface area contributed by atoms with E-state index < -0.39 is 5.97 Å². The summed E-state index contributed by atoms with van der Waals surface area (Å²) in [7, 11) is 0. The van der Waals surface area contributed by atoms with Gasteiger partial charge in [-0.2, -0.15) is 0 Å². The third-order valence-electron chi connectivity index (χ3n) is 3.22. The summed E-state index contributed by atoms with van der Waals surface area (Å²) in [5.74, 6) is -0.358. The average molecular weight is 273 g/mol. The molecule has 106 valence electrons. The number of hydrogen-bond donors (Lipinski definition) is 2. The third-order valence-corrected chi connectivity index (χ3v) is 3.22. The lowest BCUT2D eigenvalue weighted by Gasteiger charge is -2.04. The van der Waals surface area contributed by atoms with Gasteiger partial charge in [0.15, 0.2) is 0 Å². The van der Waals surface area contributed by atoms with Gasteiger partial charge in [0, 0.05) is 12.1 Å². The largest absolute Gasteiger partial charge is 0.475 e. The van der Waals surface area contributed by atoms with Gasteiger partial charge in [-0.15, -0.1) is 0 Å². The summed E-state index contributed by atoms with van der Waals surface area (Å²) in [5.41, 5.74) is 3.17. The molecule has 0 saturated carbocycles. The Morgan fingerprint density at radius 2 is 1.85 bits per heavy atom. The maximum absolute atomic E-state index is 10.9. The highest BCUT2D eigenvalue weighted by molar-refractivity contribution is 5.86. The molecule has 0 saturated heterocycles. The van der Waals surface area contributed by atoms with Crippen molar-refractivity contribution < 1.29 is 14.3 Å². The number of hydrogen-bond acceptors (Lipinski definition) is 3. The fraction of sp³-hybridized carbons (Fsp3) is 0.312. The van der Waals surface area contributed by atoms with E-state index in [9.17, 15) is 4.79 Å². The lowest BCUT2D eigenvalue weighted by molar-refractivity contribution is 0.0659. The molecule has 0 bridgehead atoms. The van der Waals surface area contributed by atoms with Crippen LogP contribution in [0.4, 0.5) is 0 Å². The molecule has 0 fully saturated rings. The second-order valence-corrected chi connectivity index (χ2v) is 4.80. The zero-order valence-electron chi connectivity index (χ0n) is 11.8. The van der Waals surface area contributed by atoms with Crippen LogP contribution in [0.25, 0.3) is 0 Å². The Morgan fingerprint density at radius 1 is 1.20 bits per heavy atom. The lowest BCUT2D eigenvalue weighted by Crippen LogP contribution is -2.12. The van der Waals surface area contributed by atoms with Crippen molar-refractivity contribution >= 4 is 5.97 Å². The van der Waals surface area contributed by atoms with Gasteiger partial charge in [0.05, 0.1) is 6.54 Å². The van der Waals surface area contributed by atoms with Gasteiger partial charge in [0.1, 0.15) is 5.76 Å². The van der Waals surface area contributed by atoms with Crippen molar-refractivity contribution in [3.05, 3.63) is 58.5 Å². The van der Waals surface area contributed by atoms with E-state index in [2.05, 4.69) is 36.5 Å². The maximum atomic E-state index is 10.9. The predicted octanol–water partition coefficient (Wildman–Crippen LogP) is 3.14. The van der Waals surface area contributed by atoms with Crippen molar-refractivity contribution in [2.75, 3.05) is 0 Å². The minimum absolute atomic E-state index is 0.0223. The average Bonchev–Trinajstić information content (AvgIpc) is 2.81. The van der Waals surface area contributed by atoms with Crippen molar-refractivity contribution in [1.82, 2.24) is 5.32 Å². The van der Waals surface area contributed by atoms with Gasteiger partial charge in [0.2, 0.25) is 5.76 Å². The standard InChI is InChI=1S/C16H19NO3/c1-3-12-4-6-13(7-5-12)9-17-10-14-8-11(2)15(20-14)16(18)19/h4-8,17H,3,9-10H2,1-2H3,(H,18,19). The Labute approximate surface area is 118 Å². The van der Waals surface area contributed by atoms with Crippen LogP contribution in [0.1, 0.15) is 39.9 Å². The van der Waals surface area contributed by atoms with Crippen LogP contribution < -0.4 is 5.32 Å². The topological polar surface area (TPSA) is 62.5 Å². The van der Waals surface area contributed by atoms with Gasteiger partial charge in [-0.1, -0.05) is 31.2 Å². The van der Waals surface area contributed by atoms with Gasteiger partial charge in [-0.3, -0.25) is 0 Å². The minimum Gasteiger partial charge on any atom is -0.475 e. The van der Waals surface area contributed by atoms with Crippen LogP contribution >= 0.6 is 0 Å². The van der Waals surface area contributed by atoms with Gasteiger partial charge < -0.3 is 14.8 Å². The number of carboxylic acid groups (broad SMARTS) is 1. The number of rotatable bonds is 6. The van der Waals surface area contributed by atoms with E-state index in [1.54, 1.807) is 13.0 Å². The first-order valence-corrected chi connectivity index (χ1v) is 6.71. The molecule has 1 heterocycles. The molecule has 0 unspecified atom stereocenters. The number of aryl methyl sites for hydroxylation is 2. The number of carboxylic acids is 1. The van der Waals surface area contributed by atoms with Crippen molar-refractivity contribution in [3.63, 3.8) is 0 Å². The van der Waals surface area contributed by atoms with Gasteiger partial charge in [-0.25, -0.2) is 4.79 Å². The number of carbonyl (C=O) groups is 1. The maximum Gasteiger partial charge on any atom is 0.372 e. The molecule has 2 aromatic rings. The highest BCUT2D eigenvalue weighted by atomic mass is 16.4. The Bertz CT molecular complexity index is 584.